The van der Waals surface area contributed by atoms with E-state index in [0.29, 0.717) is 5.56 Å². The van der Waals surface area contributed by atoms with Gasteiger partial charge in [0, 0.05) is 16.2 Å². The summed E-state index contributed by atoms with van der Waals surface area (Å²) in [4.78, 5) is 11.1. The number of alkyl halides is 1. The molecule has 0 heterocycles. The fourth-order valence-corrected chi connectivity index (χ4v) is 1.97. The molecule has 0 aromatic heterocycles. The Morgan fingerprint density at radius 3 is 2.14 bits per heavy atom. The summed E-state index contributed by atoms with van der Waals surface area (Å²) in [6.45, 7) is 0. The molecule has 6 heteroatoms. The first-order valence-electron chi connectivity index (χ1n) is 3.59. The van der Waals surface area contributed by atoms with Gasteiger partial charge in [0.25, 0.3) is 9.05 Å². The highest BCUT2D eigenvalue weighted by Crippen LogP contribution is 2.15. The zero-order chi connectivity index (χ0) is 10.8. The maximum absolute atomic E-state index is 11.1. The van der Waals surface area contributed by atoms with Crippen molar-refractivity contribution in [2.45, 2.75) is 4.90 Å². The van der Waals surface area contributed by atoms with Crippen molar-refractivity contribution in [3.8, 4) is 0 Å². The number of carbonyl (C=O) groups is 1. The van der Waals surface area contributed by atoms with Crippen LogP contribution in [0.1, 0.15) is 10.4 Å². The van der Waals surface area contributed by atoms with Crippen molar-refractivity contribution in [1.82, 2.24) is 0 Å². The summed E-state index contributed by atoms with van der Waals surface area (Å²) in [6, 6.07) is 5.47. The number of halogens is 2. The van der Waals surface area contributed by atoms with Crippen LogP contribution in [-0.2, 0) is 9.05 Å². The molecular formula is C8H6BrClO3S. The Morgan fingerprint density at radius 2 is 1.79 bits per heavy atom. The third kappa shape index (κ3) is 2.80. The quantitative estimate of drug-likeness (QED) is 0.488. The van der Waals surface area contributed by atoms with Gasteiger partial charge in [-0.3, -0.25) is 4.79 Å². The molecule has 14 heavy (non-hydrogen) atoms. The van der Waals surface area contributed by atoms with E-state index in [1.165, 1.54) is 24.3 Å². The first-order chi connectivity index (χ1) is 6.45. The van der Waals surface area contributed by atoms with Crippen molar-refractivity contribution >= 4 is 41.4 Å². The number of rotatable bonds is 3. The van der Waals surface area contributed by atoms with Crippen LogP contribution in [0.15, 0.2) is 29.2 Å². The van der Waals surface area contributed by atoms with Crippen molar-refractivity contribution in [3.63, 3.8) is 0 Å². The minimum absolute atomic E-state index is 0.00899. The highest BCUT2D eigenvalue weighted by atomic mass is 79.9. The van der Waals surface area contributed by atoms with Crippen LogP contribution in [0.3, 0.4) is 0 Å². The standard InChI is InChI=1S/C8H6BrClO3S/c9-5-8(11)6-1-3-7(4-2-6)14(10,12)13/h1-4H,5H2. The van der Waals surface area contributed by atoms with Crippen LogP contribution >= 0.6 is 26.6 Å². The molecule has 0 atom stereocenters. The predicted molar refractivity (Wildman–Crippen MR) is 57.6 cm³/mol. The molecule has 1 aromatic carbocycles. The van der Waals surface area contributed by atoms with Crippen LogP contribution in [0, 0.1) is 0 Å². The number of hydrogen-bond donors (Lipinski definition) is 0. The number of benzene rings is 1. The molecule has 0 aliphatic rings. The van der Waals surface area contributed by atoms with Crippen LogP contribution < -0.4 is 0 Å². The Labute approximate surface area is 94.6 Å². The lowest BCUT2D eigenvalue weighted by Gasteiger charge is -1.98. The van der Waals surface area contributed by atoms with Gasteiger partial charge < -0.3 is 0 Å². The SMILES string of the molecule is O=C(CBr)c1ccc(S(=O)(=O)Cl)cc1. The smallest absolute Gasteiger partial charge is 0.261 e. The van der Waals surface area contributed by atoms with Gasteiger partial charge in [0.15, 0.2) is 5.78 Å². The Balaban J connectivity index is 3.07. The second-order valence-corrected chi connectivity index (χ2v) is 5.65. The van der Waals surface area contributed by atoms with Gasteiger partial charge in [-0.2, -0.15) is 0 Å². The molecular weight excluding hydrogens is 292 g/mol. The lowest BCUT2D eigenvalue weighted by molar-refractivity contribution is 0.102. The van der Waals surface area contributed by atoms with E-state index in [1.807, 2.05) is 0 Å². The van der Waals surface area contributed by atoms with Crippen molar-refractivity contribution in [1.29, 1.82) is 0 Å². The largest absolute Gasteiger partial charge is 0.293 e. The molecule has 0 radical (unpaired) electrons. The summed E-state index contributed by atoms with van der Waals surface area (Å²) >= 11 is 3.02. The zero-order valence-electron chi connectivity index (χ0n) is 6.91. The molecule has 0 fully saturated rings. The summed E-state index contributed by atoms with van der Waals surface area (Å²) in [7, 11) is 1.40. The zero-order valence-corrected chi connectivity index (χ0v) is 10.1. The predicted octanol–water partition coefficient (Wildman–Crippen LogP) is 2.19. The topological polar surface area (TPSA) is 51.2 Å². The van der Waals surface area contributed by atoms with E-state index in [-0.39, 0.29) is 16.0 Å². The van der Waals surface area contributed by atoms with Gasteiger partial charge in [0.05, 0.1) is 10.2 Å². The monoisotopic (exact) mass is 296 g/mol. The van der Waals surface area contributed by atoms with Crippen LogP contribution in [0.25, 0.3) is 0 Å². The average Bonchev–Trinajstić information content (AvgIpc) is 2.15. The third-order valence-electron chi connectivity index (χ3n) is 1.58. The summed E-state index contributed by atoms with van der Waals surface area (Å²) in [5, 5.41) is 0.208. The number of carbonyl (C=O) groups excluding carboxylic acids is 1. The minimum atomic E-state index is -3.70. The fourth-order valence-electron chi connectivity index (χ4n) is 0.881. The van der Waals surface area contributed by atoms with Gasteiger partial charge in [-0.05, 0) is 12.1 Å². The van der Waals surface area contributed by atoms with Crippen molar-refractivity contribution in [2.75, 3.05) is 5.33 Å². The summed E-state index contributed by atoms with van der Waals surface area (Å²) in [5.41, 5.74) is 0.450. The molecule has 0 saturated heterocycles. The van der Waals surface area contributed by atoms with E-state index in [0.717, 1.165) is 0 Å². The van der Waals surface area contributed by atoms with Gasteiger partial charge in [0.1, 0.15) is 0 Å². The molecule has 3 nitrogen and oxygen atoms in total. The molecule has 0 bridgehead atoms. The number of Topliss-reactive ketones (excluding diaryl/α,β-unsaturated/α-hetero) is 1. The first-order valence-corrected chi connectivity index (χ1v) is 7.02. The second kappa shape index (κ2) is 4.42. The molecule has 1 aromatic rings. The van der Waals surface area contributed by atoms with Crippen molar-refractivity contribution in [3.05, 3.63) is 29.8 Å². The van der Waals surface area contributed by atoms with E-state index in [9.17, 15) is 13.2 Å². The summed E-state index contributed by atoms with van der Waals surface area (Å²) in [6.07, 6.45) is 0. The van der Waals surface area contributed by atoms with Crippen LogP contribution in [-0.4, -0.2) is 19.5 Å². The maximum atomic E-state index is 11.1. The van der Waals surface area contributed by atoms with Crippen LogP contribution in [0.4, 0.5) is 0 Å². The molecule has 0 amide bonds. The number of ketones is 1. The Morgan fingerprint density at radius 1 is 1.29 bits per heavy atom. The molecule has 0 N–H and O–H groups in total. The van der Waals surface area contributed by atoms with E-state index >= 15 is 0 Å². The Bertz CT molecular complexity index is 438. The van der Waals surface area contributed by atoms with Gasteiger partial charge in [-0.1, -0.05) is 28.1 Å². The van der Waals surface area contributed by atoms with E-state index < -0.39 is 9.05 Å². The van der Waals surface area contributed by atoms with E-state index in [4.69, 9.17) is 10.7 Å². The molecule has 0 spiro atoms. The maximum Gasteiger partial charge on any atom is 0.261 e. The average molecular weight is 298 g/mol. The Kier molecular flexibility index (Phi) is 3.69. The van der Waals surface area contributed by atoms with Gasteiger partial charge in [-0.25, -0.2) is 8.42 Å². The van der Waals surface area contributed by atoms with Gasteiger partial charge >= 0.3 is 0 Å². The molecule has 0 aliphatic carbocycles. The van der Waals surface area contributed by atoms with Crippen molar-refractivity contribution in [2.24, 2.45) is 0 Å². The van der Waals surface area contributed by atoms with Crippen molar-refractivity contribution < 1.29 is 13.2 Å². The lowest BCUT2D eigenvalue weighted by Crippen LogP contribution is -2.00. The normalized spacial score (nSPS) is 11.3. The van der Waals surface area contributed by atoms with Crippen LogP contribution in [0.2, 0.25) is 0 Å². The van der Waals surface area contributed by atoms with Gasteiger partial charge in [0.2, 0.25) is 0 Å². The summed E-state index contributed by atoms with van der Waals surface area (Å²) < 4.78 is 21.7. The van der Waals surface area contributed by atoms with E-state index in [1.54, 1.807) is 0 Å². The second-order valence-electron chi connectivity index (χ2n) is 2.52. The molecule has 1 rings (SSSR count). The lowest BCUT2D eigenvalue weighted by atomic mass is 10.2. The van der Waals surface area contributed by atoms with Crippen LogP contribution in [0.5, 0.6) is 0 Å². The molecule has 0 unspecified atom stereocenters. The fraction of sp³-hybridized carbons (Fsp3) is 0.125. The highest BCUT2D eigenvalue weighted by Gasteiger charge is 2.10. The molecule has 76 valence electrons. The van der Waals surface area contributed by atoms with Gasteiger partial charge in [-0.15, -0.1) is 0 Å². The highest BCUT2D eigenvalue weighted by molar-refractivity contribution is 9.09. The van der Waals surface area contributed by atoms with E-state index in [2.05, 4.69) is 15.9 Å². The number of hydrogen-bond acceptors (Lipinski definition) is 3. The third-order valence-corrected chi connectivity index (χ3v) is 3.46. The molecule has 0 aliphatic heterocycles. The first kappa shape index (κ1) is 11.7. The molecule has 0 saturated carbocycles. The minimum Gasteiger partial charge on any atom is -0.293 e. The summed E-state index contributed by atoms with van der Waals surface area (Å²) in [5.74, 6) is -0.108. The Hall–Kier alpha value is -0.390.